The van der Waals surface area contributed by atoms with Crippen LogP contribution in [0.15, 0.2) is 29.2 Å². The molecule has 2 saturated carbocycles. The average molecular weight is 372 g/mol. The fourth-order valence-corrected chi connectivity index (χ4v) is 6.27. The molecule has 1 aliphatic heterocycles. The van der Waals surface area contributed by atoms with Gasteiger partial charge in [-0.25, -0.2) is 13.1 Å². The first-order valence-corrected chi connectivity index (χ1v) is 11.1. The smallest absolute Gasteiger partial charge is 0.244 e. The Morgan fingerprint density at radius 3 is 2.58 bits per heavy atom. The van der Waals surface area contributed by atoms with Crippen LogP contribution in [0.25, 0.3) is 11.3 Å². The Bertz CT molecular complexity index is 927. The van der Waals surface area contributed by atoms with E-state index in [0.717, 1.165) is 36.3 Å². The SMILES string of the molecule is O=S1(=O)c2ccccc2-c2c(nnn2CC2CCCCC2)CN1C1CC1. The molecule has 2 fully saturated rings. The lowest BCUT2D eigenvalue weighted by atomic mass is 9.89. The molecule has 2 aliphatic carbocycles. The van der Waals surface area contributed by atoms with E-state index in [9.17, 15) is 8.42 Å². The van der Waals surface area contributed by atoms with Crippen molar-refractivity contribution in [2.45, 2.75) is 69.0 Å². The van der Waals surface area contributed by atoms with E-state index in [1.54, 1.807) is 10.4 Å². The highest BCUT2D eigenvalue weighted by atomic mass is 32.2. The number of aromatic nitrogens is 3. The molecule has 138 valence electrons. The highest BCUT2D eigenvalue weighted by molar-refractivity contribution is 7.89. The maximum Gasteiger partial charge on any atom is 0.244 e. The van der Waals surface area contributed by atoms with Crippen molar-refractivity contribution in [1.82, 2.24) is 19.3 Å². The lowest BCUT2D eigenvalue weighted by molar-refractivity contribution is 0.307. The Kier molecular flexibility index (Phi) is 3.90. The van der Waals surface area contributed by atoms with Gasteiger partial charge in [-0.3, -0.25) is 0 Å². The molecule has 1 aromatic carbocycles. The topological polar surface area (TPSA) is 68.1 Å². The molecular formula is C19H24N4O2S. The first kappa shape index (κ1) is 16.4. The summed E-state index contributed by atoms with van der Waals surface area (Å²) in [6.07, 6.45) is 8.21. The van der Waals surface area contributed by atoms with Crippen LogP contribution in [0.4, 0.5) is 0 Å². The van der Waals surface area contributed by atoms with Gasteiger partial charge in [0.05, 0.1) is 17.1 Å². The molecule has 0 saturated heterocycles. The molecule has 0 radical (unpaired) electrons. The first-order valence-electron chi connectivity index (χ1n) is 9.68. The van der Waals surface area contributed by atoms with Crippen molar-refractivity contribution in [1.29, 1.82) is 0 Å². The fourth-order valence-electron chi connectivity index (χ4n) is 4.43. The normalized spacial score (nSPS) is 23.2. The average Bonchev–Trinajstić information content (AvgIpc) is 3.42. The zero-order valence-corrected chi connectivity index (χ0v) is 15.7. The zero-order valence-electron chi connectivity index (χ0n) is 14.8. The maximum atomic E-state index is 13.2. The summed E-state index contributed by atoms with van der Waals surface area (Å²) in [7, 11) is -3.49. The molecule has 5 rings (SSSR count). The van der Waals surface area contributed by atoms with Crippen molar-refractivity contribution < 1.29 is 8.42 Å². The van der Waals surface area contributed by atoms with Gasteiger partial charge in [0.15, 0.2) is 0 Å². The molecular weight excluding hydrogens is 348 g/mol. The molecule has 6 nitrogen and oxygen atoms in total. The number of sulfonamides is 1. The van der Waals surface area contributed by atoms with Crippen molar-refractivity contribution in [3.63, 3.8) is 0 Å². The minimum absolute atomic E-state index is 0.113. The van der Waals surface area contributed by atoms with Gasteiger partial charge in [-0.15, -0.1) is 5.10 Å². The van der Waals surface area contributed by atoms with Crippen LogP contribution in [0, 0.1) is 5.92 Å². The Labute approximate surface area is 154 Å². The summed E-state index contributed by atoms with van der Waals surface area (Å²) in [4.78, 5) is 0.401. The summed E-state index contributed by atoms with van der Waals surface area (Å²) in [6, 6.07) is 7.46. The maximum absolute atomic E-state index is 13.2. The second-order valence-electron chi connectivity index (χ2n) is 7.85. The molecule has 0 N–H and O–H groups in total. The predicted molar refractivity (Wildman–Crippen MR) is 97.8 cm³/mol. The first-order chi connectivity index (χ1) is 12.6. The highest BCUT2D eigenvalue weighted by Gasteiger charge is 2.42. The van der Waals surface area contributed by atoms with Gasteiger partial charge in [0.1, 0.15) is 5.69 Å². The van der Waals surface area contributed by atoms with E-state index in [4.69, 9.17) is 0 Å². The lowest BCUT2D eigenvalue weighted by Crippen LogP contribution is -2.32. The minimum Gasteiger partial charge on any atom is -0.244 e. The zero-order chi connectivity index (χ0) is 17.7. The Balaban J connectivity index is 1.62. The van der Waals surface area contributed by atoms with Gasteiger partial charge in [0.25, 0.3) is 0 Å². The van der Waals surface area contributed by atoms with Crippen LogP contribution in [0.2, 0.25) is 0 Å². The predicted octanol–water partition coefficient (Wildman–Crippen LogP) is 3.19. The van der Waals surface area contributed by atoms with E-state index in [1.165, 1.54) is 32.1 Å². The summed E-state index contributed by atoms with van der Waals surface area (Å²) in [5.41, 5.74) is 2.45. The summed E-state index contributed by atoms with van der Waals surface area (Å²) >= 11 is 0. The molecule has 3 aliphatic rings. The van der Waals surface area contributed by atoms with E-state index in [2.05, 4.69) is 10.3 Å². The van der Waals surface area contributed by atoms with Gasteiger partial charge in [0.2, 0.25) is 10.0 Å². The van der Waals surface area contributed by atoms with Crippen molar-refractivity contribution in [2.24, 2.45) is 5.92 Å². The second-order valence-corrected chi connectivity index (χ2v) is 9.71. The van der Waals surface area contributed by atoms with Crippen LogP contribution >= 0.6 is 0 Å². The minimum atomic E-state index is -3.49. The number of hydrogen-bond acceptors (Lipinski definition) is 4. The van der Waals surface area contributed by atoms with Gasteiger partial charge in [0, 0.05) is 18.2 Å². The largest absolute Gasteiger partial charge is 0.244 e. The second kappa shape index (κ2) is 6.16. The summed E-state index contributed by atoms with van der Waals surface area (Å²) in [5, 5.41) is 8.85. The van der Waals surface area contributed by atoms with Gasteiger partial charge in [-0.2, -0.15) is 4.31 Å². The summed E-state index contributed by atoms with van der Waals surface area (Å²) < 4.78 is 30.1. The van der Waals surface area contributed by atoms with Crippen LogP contribution in [0.5, 0.6) is 0 Å². The van der Waals surface area contributed by atoms with E-state index in [1.807, 2.05) is 22.9 Å². The monoisotopic (exact) mass is 372 g/mol. The Morgan fingerprint density at radius 2 is 1.81 bits per heavy atom. The standard InChI is InChI=1S/C19H24N4O2S/c24-26(25)18-9-5-4-8-16(18)19-17(13-23(26)15-10-11-15)20-21-22(19)12-14-6-2-1-3-7-14/h4-5,8-9,14-15H,1-3,6-7,10-13H2. The van der Waals surface area contributed by atoms with Crippen LogP contribution < -0.4 is 0 Å². The van der Waals surface area contributed by atoms with Crippen LogP contribution in [-0.4, -0.2) is 33.8 Å². The van der Waals surface area contributed by atoms with Crippen molar-refractivity contribution in [3.05, 3.63) is 30.0 Å². The molecule has 0 bridgehead atoms. The third-order valence-electron chi connectivity index (χ3n) is 5.95. The molecule has 2 heterocycles. The molecule has 1 aromatic heterocycles. The number of benzene rings is 1. The summed E-state index contributed by atoms with van der Waals surface area (Å²) in [5.74, 6) is 0.612. The highest BCUT2D eigenvalue weighted by Crippen LogP contribution is 2.41. The van der Waals surface area contributed by atoms with E-state index in [0.29, 0.717) is 17.4 Å². The van der Waals surface area contributed by atoms with E-state index < -0.39 is 10.0 Å². The quantitative estimate of drug-likeness (QED) is 0.830. The third kappa shape index (κ3) is 2.68. The Morgan fingerprint density at radius 1 is 1.04 bits per heavy atom. The molecule has 0 spiro atoms. The van der Waals surface area contributed by atoms with Crippen LogP contribution in [-0.2, 0) is 23.1 Å². The number of nitrogens with zero attached hydrogens (tertiary/aromatic N) is 4. The van der Waals surface area contributed by atoms with E-state index in [-0.39, 0.29) is 6.04 Å². The number of hydrogen-bond donors (Lipinski definition) is 0. The lowest BCUT2D eigenvalue weighted by Gasteiger charge is -2.22. The number of rotatable bonds is 3. The molecule has 0 amide bonds. The van der Waals surface area contributed by atoms with Gasteiger partial charge < -0.3 is 0 Å². The molecule has 26 heavy (non-hydrogen) atoms. The van der Waals surface area contributed by atoms with Crippen molar-refractivity contribution in [2.75, 3.05) is 0 Å². The van der Waals surface area contributed by atoms with Crippen molar-refractivity contribution >= 4 is 10.0 Å². The molecule has 0 atom stereocenters. The van der Waals surface area contributed by atoms with E-state index >= 15 is 0 Å². The molecule has 7 heteroatoms. The van der Waals surface area contributed by atoms with Crippen LogP contribution in [0.1, 0.15) is 50.6 Å². The van der Waals surface area contributed by atoms with Gasteiger partial charge >= 0.3 is 0 Å². The van der Waals surface area contributed by atoms with Gasteiger partial charge in [-0.1, -0.05) is 42.7 Å². The van der Waals surface area contributed by atoms with Crippen molar-refractivity contribution in [3.8, 4) is 11.3 Å². The molecule has 0 unspecified atom stereocenters. The number of fused-ring (bicyclic) bond motifs is 3. The third-order valence-corrected chi connectivity index (χ3v) is 7.91. The fraction of sp³-hybridized carbons (Fsp3) is 0.579. The van der Waals surface area contributed by atoms with Gasteiger partial charge in [-0.05, 0) is 37.7 Å². The Hall–Kier alpha value is -1.73. The summed E-state index contributed by atoms with van der Waals surface area (Å²) in [6.45, 7) is 1.17. The van der Waals surface area contributed by atoms with Crippen LogP contribution in [0.3, 0.4) is 0 Å². The molecule has 2 aromatic rings.